The third-order valence-corrected chi connectivity index (χ3v) is 4.78. The molecule has 0 bridgehead atoms. The zero-order chi connectivity index (χ0) is 19.6. The molecule has 0 aromatic heterocycles. The molecule has 3 rings (SSSR count). The Labute approximate surface area is 158 Å². The highest BCUT2D eigenvalue weighted by atomic mass is 16.4. The van der Waals surface area contributed by atoms with Gasteiger partial charge in [0.2, 0.25) is 0 Å². The maximum absolute atomic E-state index is 12.7. The van der Waals surface area contributed by atoms with Crippen molar-refractivity contribution in [2.45, 2.75) is 33.1 Å². The number of aliphatic imine (C=N–C) groups is 1. The molecule has 0 unspecified atom stereocenters. The smallest absolute Gasteiger partial charge is 0.325 e. The molecule has 1 aliphatic carbocycles. The average Bonchev–Trinajstić information content (AvgIpc) is 2.58. The number of carbonyl (C=O) groups excluding carboxylic acids is 1. The molecule has 0 spiro atoms. The molecular formula is C22H23NO4. The number of rotatable bonds is 4. The Bertz CT molecular complexity index is 964. The third-order valence-electron chi connectivity index (χ3n) is 4.78. The van der Waals surface area contributed by atoms with Crippen LogP contribution in [0.1, 0.15) is 32.3 Å². The average molecular weight is 365 g/mol. The molecule has 0 heterocycles. The van der Waals surface area contributed by atoms with Gasteiger partial charge in [-0.3, -0.25) is 14.6 Å². The molecule has 5 heteroatoms. The van der Waals surface area contributed by atoms with Gasteiger partial charge in [0.15, 0.2) is 5.78 Å². The summed E-state index contributed by atoms with van der Waals surface area (Å²) >= 11 is 0. The van der Waals surface area contributed by atoms with Gasteiger partial charge in [0, 0.05) is 12.8 Å². The molecule has 1 fully saturated rings. The summed E-state index contributed by atoms with van der Waals surface area (Å²) in [5, 5.41) is 21.8. The van der Waals surface area contributed by atoms with Crippen LogP contribution in [0.4, 0.5) is 0 Å². The van der Waals surface area contributed by atoms with E-state index in [4.69, 9.17) is 5.11 Å². The quantitative estimate of drug-likeness (QED) is 0.630. The first kappa shape index (κ1) is 18.8. The number of Topliss-reactive ketones (excluding diaryl/α,β-unsaturated/α-hetero) is 1. The predicted octanol–water partition coefficient (Wildman–Crippen LogP) is 4.11. The summed E-state index contributed by atoms with van der Waals surface area (Å²) in [6.45, 7) is 3.48. The monoisotopic (exact) mass is 365 g/mol. The highest BCUT2D eigenvalue weighted by Gasteiger charge is 2.36. The van der Waals surface area contributed by atoms with Gasteiger partial charge < -0.3 is 10.2 Å². The summed E-state index contributed by atoms with van der Waals surface area (Å²) in [7, 11) is 0. The second-order valence-corrected chi connectivity index (χ2v) is 7.73. The van der Waals surface area contributed by atoms with E-state index in [1.807, 2.05) is 56.3 Å². The SMILES string of the molecule is CC1(C)CC(=O)/C(=C(/O)Cc2cccc3ccccc23)C(=NCC(=O)O)C1. The topological polar surface area (TPSA) is 87.0 Å². The molecule has 27 heavy (non-hydrogen) atoms. The minimum absolute atomic E-state index is 0.0454. The van der Waals surface area contributed by atoms with Gasteiger partial charge in [-0.1, -0.05) is 56.3 Å². The molecular weight excluding hydrogens is 342 g/mol. The van der Waals surface area contributed by atoms with Crippen LogP contribution in [0.15, 0.2) is 58.8 Å². The van der Waals surface area contributed by atoms with E-state index in [-0.39, 0.29) is 29.0 Å². The second kappa shape index (κ2) is 7.35. The molecule has 0 radical (unpaired) electrons. The number of carboxylic acid groups (broad SMARTS) is 1. The second-order valence-electron chi connectivity index (χ2n) is 7.73. The van der Waals surface area contributed by atoms with Crippen molar-refractivity contribution >= 4 is 28.2 Å². The molecule has 0 saturated heterocycles. The minimum Gasteiger partial charge on any atom is -0.511 e. The van der Waals surface area contributed by atoms with Crippen LogP contribution in [0.5, 0.6) is 0 Å². The van der Waals surface area contributed by atoms with E-state index in [1.165, 1.54) is 0 Å². The van der Waals surface area contributed by atoms with Crippen molar-refractivity contribution in [2.24, 2.45) is 10.4 Å². The van der Waals surface area contributed by atoms with Crippen molar-refractivity contribution < 1.29 is 19.8 Å². The Morgan fingerprint density at radius 3 is 2.52 bits per heavy atom. The predicted molar refractivity (Wildman–Crippen MR) is 105 cm³/mol. The maximum Gasteiger partial charge on any atom is 0.325 e. The van der Waals surface area contributed by atoms with Gasteiger partial charge >= 0.3 is 5.97 Å². The molecule has 0 amide bonds. The fourth-order valence-corrected chi connectivity index (χ4v) is 3.63. The lowest BCUT2D eigenvalue weighted by atomic mass is 9.73. The van der Waals surface area contributed by atoms with Crippen LogP contribution in [0.25, 0.3) is 10.8 Å². The molecule has 5 nitrogen and oxygen atoms in total. The Hall–Kier alpha value is -2.95. The van der Waals surface area contributed by atoms with Gasteiger partial charge in [-0.05, 0) is 28.2 Å². The Morgan fingerprint density at radius 2 is 1.78 bits per heavy atom. The number of carboxylic acids is 1. The molecule has 0 atom stereocenters. The van der Waals surface area contributed by atoms with E-state index in [1.54, 1.807) is 0 Å². The number of benzene rings is 2. The summed E-state index contributed by atoms with van der Waals surface area (Å²) in [5.74, 6) is -1.30. The molecule has 1 saturated carbocycles. The van der Waals surface area contributed by atoms with E-state index in [2.05, 4.69) is 4.99 Å². The van der Waals surface area contributed by atoms with Crippen LogP contribution in [-0.4, -0.2) is 34.2 Å². The zero-order valence-electron chi connectivity index (χ0n) is 15.5. The number of nitrogens with zero attached hydrogens (tertiary/aromatic N) is 1. The normalized spacial score (nSPS) is 20.1. The number of allylic oxidation sites excluding steroid dienone is 2. The van der Waals surface area contributed by atoms with Gasteiger partial charge in [0.05, 0.1) is 11.3 Å². The largest absolute Gasteiger partial charge is 0.511 e. The Kier molecular flexibility index (Phi) is 5.13. The fraction of sp³-hybridized carbons (Fsp3) is 0.318. The fourth-order valence-electron chi connectivity index (χ4n) is 3.63. The van der Waals surface area contributed by atoms with Gasteiger partial charge in [-0.15, -0.1) is 0 Å². The van der Waals surface area contributed by atoms with Crippen LogP contribution in [0, 0.1) is 5.41 Å². The Morgan fingerprint density at radius 1 is 1.07 bits per heavy atom. The first-order valence-electron chi connectivity index (χ1n) is 8.94. The highest BCUT2D eigenvalue weighted by Crippen LogP contribution is 2.36. The summed E-state index contributed by atoms with van der Waals surface area (Å²) in [6, 6.07) is 13.7. The number of carbonyl (C=O) groups is 2. The molecule has 140 valence electrons. The van der Waals surface area contributed by atoms with Crippen molar-refractivity contribution in [3.63, 3.8) is 0 Å². The number of fused-ring (bicyclic) bond motifs is 1. The van der Waals surface area contributed by atoms with Gasteiger partial charge in [0.1, 0.15) is 12.3 Å². The zero-order valence-corrected chi connectivity index (χ0v) is 15.5. The number of aliphatic carboxylic acids is 1. The third kappa shape index (κ3) is 4.25. The summed E-state index contributed by atoms with van der Waals surface area (Å²) < 4.78 is 0. The molecule has 0 aliphatic heterocycles. The van der Waals surface area contributed by atoms with Crippen molar-refractivity contribution in [3.05, 3.63) is 59.4 Å². The van der Waals surface area contributed by atoms with Gasteiger partial charge in [-0.2, -0.15) is 0 Å². The first-order valence-corrected chi connectivity index (χ1v) is 8.94. The van der Waals surface area contributed by atoms with Crippen LogP contribution >= 0.6 is 0 Å². The molecule has 2 N–H and O–H groups in total. The molecule has 1 aliphatic rings. The lowest BCUT2D eigenvalue weighted by Gasteiger charge is -2.31. The van der Waals surface area contributed by atoms with Crippen LogP contribution < -0.4 is 0 Å². The van der Waals surface area contributed by atoms with Crippen molar-refractivity contribution in [3.8, 4) is 0 Å². The highest BCUT2D eigenvalue weighted by molar-refractivity contribution is 6.25. The van der Waals surface area contributed by atoms with Gasteiger partial charge in [0.25, 0.3) is 0 Å². The van der Waals surface area contributed by atoms with Crippen LogP contribution in [-0.2, 0) is 16.0 Å². The number of aliphatic hydroxyl groups excluding tert-OH is 1. The molecule has 2 aromatic carbocycles. The van der Waals surface area contributed by atoms with E-state index in [0.29, 0.717) is 18.6 Å². The summed E-state index contributed by atoms with van der Waals surface area (Å²) in [5.41, 5.74) is 1.17. The first-order chi connectivity index (χ1) is 12.8. The van der Waals surface area contributed by atoms with Crippen molar-refractivity contribution in [1.82, 2.24) is 0 Å². The number of aliphatic hydroxyl groups is 1. The number of ketones is 1. The lowest BCUT2D eigenvalue weighted by molar-refractivity contribution is -0.135. The van der Waals surface area contributed by atoms with E-state index < -0.39 is 12.5 Å². The van der Waals surface area contributed by atoms with E-state index in [0.717, 1.165) is 16.3 Å². The number of hydrogen-bond acceptors (Lipinski definition) is 4. The number of hydrogen-bond donors (Lipinski definition) is 2. The molecule has 2 aromatic rings. The van der Waals surface area contributed by atoms with Gasteiger partial charge in [-0.25, -0.2) is 0 Å². The van der Waals surface area contributed by atoms with Crippen molar-refractivity contribution in [2.75, 3.05) is 6.54 Å². The van der Waals surface area contributed by atoms with E-state index >= 15 is 0 Å². The standard InChI is InChI=1S/C22H23NO4/c1-22(2)11-17(23-13-20(26)27)21(19(25)12-22)18(24)10-15-8-5-7-14-6-3-4-9-16(14)15/h3-9,24H,10-13H2,1-2H3,(H,26,27)/b21-18+,23-17?. The van der Waals surface area contributed by atoms with Crippen LogP contribution in [0.2, 0.25) is 0 Å². The van der Waals surface area contributed by atoms with E-state index in [9.17, 15) is 14.7 Å². The van der Waals surface area contributed by atoms with Crippen LogP contribution in [0.3, 0.4) is 0 Å². The maximum atomic E-state index is 12.7. The summed E-state index contributed by atoms with van der Waals surface area (Å²) in [6.07, 6.45) is 0.962. The Balaban J connectivity index is 2.03. The lowest BCUT2D eigenvalue weighted by Crippen LogP contribution is -2.33. The minimum atomic E-state index is -1.06. The summed E-state index contributed by atoms with van der Waals surface area (Å²) in [4.78, 5) is 27.8. The van der Waals surface area contributed by atoms with Crippen molar-refractivity contribution in [1.29, 1.82) is 0 Å².